The molecule has 1 aromatic rings. The number of nitrogens with one attached hydrogen (secondary N) is 2. The van der Waals surface area contributed by atoms with Crippen LogP contribution in [0.4, 0.5) is 5.82 Å². The van der Waals surface area contributed by atoms with Crippen LogP contribution < -0.4 is 10.6 Å². The number of pyridine rings is 1. The lowest BCUT2D eigenvalue weighted by Crippen LogP contribution is -2.29. The first-order chi connectivity index (χ1) is 8.54. The van der Waals surface area contributed by atoms with Gasteiger partial charge in [0.05, 0.1) is 10.6 Å². The summed E-state index contributed by atoms with van der Waals surface area (Å²) >= 11 is 6.05. The molecule has 1 heterocycles. The van der Waals surface area contributed by atoms with Crippen LogP contribution in [0.1, 0.15) is 37.0 Å². The lowest BCUT2D eigenvalue weighted by Gasteiger charge is -2.11. The molecular weight excluding hydrogens is 250 g/mol. The topological polar surface area (TPSA) is 54.0 Å². The molecule has 2 rings (SSSR count). The van der Waals surface area contributed by atoms with E-state index in [1.807, 2.05) is 6.92 Å². The standard InChI is InChI=1S/C13H18ClN3O/c1-3-15-11-10(14)6-9(7-16-11)12(18)17-8-13(2)4-5-13/h6-7H,3-5,8H2,1-2H3,(H,15,16)(H,17,18). The molecule has 1 aromatic heterocycles. The Balaban J connectivity index is 1.99. The minimum Gasteiger partial charge on any atom is -0.369 e. The van der Waals surface area contributed by atoms with E-state index in [2.05, 4.69) is 22.5 Å². The molecule has 1 fully saturated rings. The maximum atomic E-state index is 11.9. The fraction of sp³-hybridized carbons (Fsp3) is 0.538. The van der Waals surface area contributed by atoms with Gasteiger partial charge in [-0.1, -0.05) is 18.5 Å². The summed E-state index contributed by atoms with van der Waals surface area (Å²) in [6.07, 6.45) is 3.92. The third-order valence-electron chi connectivity index (χ3n) is 3.23. The molecule has 18 heavy (non-hydrogen) atoms. The molecule has 1 amide bonds. The van der Waals surface area contributed by atoms with Crippen molar-refractivity contribution in [1.82, 2.24) is 10.3 Å². The van der Waals surface area contributed by atoms with Gasteiger partial charge >= 0.3 is 0 Å². The van der Waals surface area contributed by atoms with Crippen LogP contribution in [0.3, 0.4) is 0 Å². The van der Waals surface area contributed by atoms with Gasteiger partial charge in [-0.05, 0) is 31.2 Å². The summed E-state index contributed by atoms with van der Waals surface area (Å²) in [7, 11) is 0. The zero-order chi connectivity index (χ0) is 13.2. The molecule has 0 bridgehead atoms. The maximum absolute atomic E-state index is 11.9. The van der Waals surface area contributed by atoms with Crippen LogP contribution in [0.5, 0.6) is 0 Å². The van der Waals surface area contributed by atoms with E-state index in [4.69, 9.17) is 11.6 Å². The smallest absolute Gasteiger partial charge is 0.252 e. The molecule has 5 heteroatoms. The average molecular weight is 268 g/mol. The fourth-order valence-corrected chi connectivity index (χ4v) is 1.88. The van der Waals surface area contributed by atoms with Crippen LogP contribution in [-0.4, -0.2) is 24.0 Å². The number of amides is 1. The van der Waals surface area contributed by atoms with Gasteiger partial charge in [0.1, 0.15) is 5.82 Å². The van der Waals surface area contributed by atoms with Crippen molar-refractivity contribution in [2.45, 2.75) is 26.7 Å². The Morgan fingerprint density at radius 1 is 1.56 bits per heavy atom. The van der Waals surface area contributed by atoms with Crippen molar-refractivity contribution < 1.29 is 4.79 Å². The van der Waals surface area contributed by atoms with E-state index in [1.54, 1.807) is 12.3 Å². The Labute approximate surface area is 112 Å². The molecule has 0 unspecified atom stereocenters. The molecular formula is C13H18ClN3O. The monoisotopic (exact) mass is 267 g/mol. The highest BCUT2D eigenvalue weighted by Gasteiger charge is 2.37. The Morgan fingerprint density at radius 2 is 2.28 bits per heavy atom. The zero-order valence-corrected chi connectivity index (χ0v) is 11.5. The molecule has 0 radical (unpaired) electrons. The third-order valence-corrected chi connectivity index (χ3v) is 3.51. The van der Waals surface area contributed by atoms with E-state index in [0.29, 0.717) is 21.8 Å². The van der Waals surface area contributed by atoms with E-state index in [1.165, 1.54) is 12.8 Å². The number of halogens is 1. The Kier molecular flexibility index (Phi) is 3.76. The van der Waals surface area contributed by atoms with Gasteiger partial charge < -0.3 is 10.6 Å². The van der Waals surface area contributed by atoms with E-state index >= 15 is 0 Å². The van der Waals surface area contributed by atoms with Crippen LogP contribution in [0.15, 0.2) is 12.3 Å². The normalized spacial score (nSPS) is 16.2. The largest absolute Gasteiger partial charge is 0.369 e. The molecule has 0 aromatic carbocycles. The first-order valence-corrected chi connectivity index (χ1v) is 6.59. The van der Waals surface area contributed by atoms with Gasteiger partial charge in [0.25, 0.3) is 5.91 Å². The molecule has 0 aliphatic heterocycles. The number of rotatable bonds is 5. The summed E-state index contributed by atoms with van der Waals surface area (Å²) in [6.45, 7) is 5.61. The second kappa shape index (κ2) is 5.14. The van der Waals surface area contributed by atoms with Gasteiger partial charge in [-0.2, -0.15) is 0 Å². The van der Waals surface area contributed by atoms with Gasteiger partial charge in [0, 0.05) is 19.3 Å². The number of carbonyl (C=O) groups excluding carboxylic acids is 1. The third kappa shape index (κ3) is 3.13. The number of carbonyl (C=O) groups is 1. The lowest BCUT2D eigenvalue weighted by atomic mass is 10.1. The number of nitrogens with zero attached hydrogens (tertiary/aromatic N) is 1. The Bertz CT molecular complexity index is 458. The summed E-state index contributed by atoms with van der Waals surface area (Å²) in [5.41, 5.74) is 0.808. The molecule has 0 atom stereocenters. The van der Waals surface area contributed by atoms with Crippen LogP contribution in [0, 0.1) is 5.41 Å². The van der Waals surface area contributed by atoms with Crippen LogP contribution in [-0.2, 0) is 0 Å². The van der Waals surface area contributed by atoms with E-state index < -0.39 is 0 Å². The Morgan fingerprint density at radius 3 is 2.83 bits per heavy atom. The number of hydrogen-bond acceptors (Lipinski definition) is 3. The van der Waals surface area contributed by atoms with Crippen LogP contribution in [0.25, 0.3) is 0 Å². The average Bonchev–Trinajstić information content (AvgIpc) is 3.08. The van der Waals surface area contributed by atoms with E-state index in [0.717, 1.165) is 13.1 Å². The highest BCUT2D eigenvalue weighted by molar-refractivity contribution is 6.33. The highest BCUT2D eigenvalue weighted by atomic mass is 35.5. The molecule has 1 saturated carbocycles. The number of hydrogen-bond donors (Lipinski definition) is 2. The maximum Gasteiger partial charge on any atom is 0.252 e. The van der Waals surface area contributed by atoms with Gasteiger partial charge in [0.15, 0.2) is 0 Å². The predicted molar refractivity (Wildman–Crippen MR) is 73.1 cm³/mol. The first kappa shape index (κ1) is 13.1. The molecule has 0 saturated heterocycles. The molecule has 1 aliphatic carbocycles. The predicted octanol–water partition coefficient (Wildman–Crippen LogP) is 2.70. The lowest BCUT2D eigenvalue weighted by molar-refractivity contribution is 0.0946. The van der Waals surface area contributed by atoms with Crippen molar-refractivity contribution in [3.05, 3.63) is 22.8 Å². The fourth-order valence-electron chi connectivity index (χ4n) is 1.65. The minimum absolute atomic E-state index is 0.111. The van der Waals surface area contributed by atoms with Gasteiger partial charge in [-0.3, -0.25) is 4.79 Å². The Hall–Kier alpha value is -1.29. The van der Waals surface area contributed by atoms with Crippen molar-refractivity contribution >= 4 is 23.3 Å². The number of aromatic nitrogens is 1. The van der Waals surface area contributed by atoms with Crippen molar-refractivity contribution in [3.8, 4) is 0 Å². The second-order valence-corrected chi connectivity index (χ2v) is 5.49. The van der Waals surface area contributed by atoms with Gasteiger partial charge in [-0.15, -0.1) is 0 Å². The van der Waals surface area contributed by atoms with Crippen LogP contribution >= 0.6 is 11.6 Å². The second-order valence-electron chi connectivity index (χ2n) is 5.08. The SMILES string of the molecule is CCNc1ncc(C(=O)NCC2(C)CC2)cc1Cl. The van der Waals surface area contributed by atoms with Gasteiger partial charge in [0.2, 0.25) is 0 Å². The molecule has 1 aliphatic rings. The molecule has 0 spiro atoms. The summed E-state index contributed by atoms with van der Waals surface area (Å²) in [6, 6.07) is 1.65. The molecule has 2 N–H and O–H groups in total. The van der Waals surface area contributed by atoms with Gasteiger partial charge in [-0.25, -0.2) is 4.98 Å². The molecule has 4 nitrogen and oxygen atoms in total. The molecule has 98 valence electrons. The number of anilines is 1. The van der Waals surface area contributed by atoms with Crippen molar-refractivity contribution in [1.29, 1.82) is 0 Å². The van der Waals surface area contributed by atoms with Crippen molar-refractivity contribution in [2.75, 3.05) is 18.4 Å². The van der Waals surface area contributed by atoms with Crippen LogP contribution in [0.2, 0.25) is 5.02 Å². The summed E-state index contributed by atoms with van der Waals surface area (Å²) in [4.78, 5) is 16.1. The zero-order valence-electron chi connectivity index (χ0n) is 10.7. The van der Waals surface area contributed by atoms with Crippen molar-refractivity contribution in [3.63, 3.8) is 0 Å². The highest BCUT2D eigenvalue weighted by Crippen LogP contribution is 2.44. The summed E-state index contributed by atoms with van der Waals surface area (Å²) in [5, 5.41) is 6.43. The van der Waals surface area contributed by atoms with E-state index in [-0.39, 0.29) is 5.91 Å². The first-order valence-electron chi connectivity index (χ1n) is 6.22. The quantitative estimate of drug-likeness (QED) is 0.862. The van der Waals surface area contributed by atoms with E-state index in [9.17, 15) is 4.79 Å². The summed E-state index contributed by atoms with van der Waals surface area (Å²) in [5.74, 6) is 0.505. The van der Waals surface area contributed by atoms with Crippen molar-refractivity contribution in [2.24, 2.45) is 5.41 Å². The minimum atomic E-state index is -0.111. The summed E-state index contributed by atoms with van der Waals surface area (Å²) < 4.78 is 0.